The van der Waals surface area contributed by atoms with Gasteiger partial charge < -0.3 is 16.0 Å². The van der Waals surface area contributed by atoms with Gasteiger partial charge >= 0.3 is 0 Å². The number of pyridine rings is 1. The average Bonchev–Trinajstić information content (AvgIpc) is 3.53. The van der Waals surface area contributed by atoms with Crippen molar-refractivity contribution >= 4 is 46.8 Å². The maximum absolute atomic E-state index is 10.2. The van der Waals surface area contributed by atoms with Crippen molar-refractivity contribution in [2.24, 2.45) is 5.73 Å². The Morgan fingerprint density at radius 2 is 1.81 bits per heavy atom. The number of carbonyl (C=O) groups is 1. The first-order chi connectivity index (χ1) is 17.6. The van der Waals surface area contributed by atoms with Crippen LogP contribution in [0.5, 0.6) is 0 Å². The fourth-order valence-corrected chi connectivity index (χ4v) is 5.13. The van der Waals surface area contributed by atoms with E-state index in [-0.39, 0.29) is 5.41 Å². The molecule has 3 aromatic heterocycles. The highest BCUT2D eigenvalue weighted by Crippen LogP contribution is 2.45. The van der Waals surface area contributed by atoms with E-state index in [0.29, 0.717) is 28.2 Å². The van der Waals surface area contributed by atoms with Crippen molar-refractivity contribution in [3.8, 4) is 0 Å². The van der Waals surface area contributed by atoms with E-state index in [0.717, 1.165) is 31.0 Å². The number of nitrogens with one attached hydrogen (secondary N) is 1. The van der Waals surface area contributed by atoms with Crippen LogP contribution in [0.1, 0.15) is 77.5 Å². The lowest BCUT2D eigenvalue weighted by Crippen LogP contribution is -2.19. The number of fused-ring (bicyclic) bond motifs is 3. The van der Waals surface area contributed by atoms with Crippen LogP contribution < -0.4 is 16.0 Å². The molecular formula is C27H39Cl2N7O. The van der Waals surface area contributed by atoms with E-state index >= 15 is 0 Å². The summed E-state index contributed by atoms with van der Waals surface area (Å²) in [5.41, 5.74) is 8.78. The van der Waals surface area contributed by atoms with Crippen LogP contribution >= 0.6 is 23.2 Å². The Morgan fingerprint density at radius 3 is 2.38 bits per heavy atom. The zero-order valence-corrected chi connectivity index (χ0v) is 24.0. The summed E-state index contributed by atoms with van der Waals surface area (Å²) in [4.78, 5) is 21.1. The molecule has 0 bridgehead atoms. The van der Waals surface area contributed by atoms with Gasteiger partial charge in [-0.25, -0.2) is 14.5 Å². The number of anilines is 2. The first-order valence-corrected chi connectivity index (χ1v) is 13.4. The fourth-order valence-electron chi connectivity index (χ4n) is 4.67. The molecule has 202 valence electrons. The highest BCUT2D eigenvalue weighted by molar-refractivity contribution is 6.33. The van der Waals surface area contributed by atoms with Crippen LogP contribution in [0.25, 0.3) is 5.65 Å². The molecular weight excluding hydrogens is 509 g/mol. The van der Waals surface area contributed by atoms with Crippen LogP contribution in [0.15, 0.2) is 37.3 Å². The van der Waals surface area contributed by atoms with E-state index in [4.69, 9.17) is 23.2 Å². The van der Waals surface area contributed by atoms with Crippen LogP contribution in [0, 0.1) is 0 Å². The predicted molar refractivity (Wildman–Crippen MR) is 155 cm³/mol. The zero-order valence-electron chi connectivity index (χ0n) is 22.5. The summed E-state index contributed by atoms with van der Waals surface area (Å²) >= 11 is 12.0. The van der Waals surface area contributed by atoms with Crippen molar-refractivity contribution in [2.45, 2.75) is 71.6 Å². The molecule has 1 atom stereocenters. The van der Waals surface area contributed by atoms with Crippen molar-refractivity contribution < 1.29 is 4.79 Å². The second-order valence-corrected chi connectivity index (χ2v) is 10.5. The second-order valence-electron chi connectivity index (χ2n) is 9.72. The molecule has 2 aliphatic rings. The van der Waals surface area contributed by atoms with Crippen molar-refractivity contribution in [1.82, 2.24) is 19.6 Å². The smallest absolute Gasteiger partial charge is 0.211 e. The highest BCUT2D eigenvalue weighted by atomic mass is 35.5. The van der Waals surface area contributed by atoms with E-state index in [1.54, 1.807) is 18.3 Å². The molecule has 1 saturated heterocycles. The van der Waals surface area contributed by atoms with Crippen LogP contribution in [-0.2, 0) is 10.2 Å². The van der Waals surface area contributed by atoms with Crippen LogP contribution in [0.3, 0.4) is 0 Å². The Hall–Kier alpha value is -2.84. The number of hydrogen-bond acceptors (Lipinski definition) is 6. The third-order valence-electron chi connectivity index (χ3n) is 5.92. The van der Waals surface area contributed by atoms with Gasteiger partial charge in [-0.1, -0.05) is 70.8 Å². The maximum atomic E-state index is 10.2. The zero-order chi connectivity index (χ0) is 27.6. The summed E-state index contributed by atoms with van der Waals surface area (Å²) < 4.78 is 1.90. The Balaban J connectivity index is 0.000000216. The molecule has 3 aromatic rings. The summed E-state index contributed by atoms with van der Waals surface area (Å²) in [6.45, 7) is 16.2. The summed E-state index contributed by atoms with van der Waals surface area (Å²) in [5.74, 6) is 1.36. The molecule has 4 heterocycles. The molecule has 1 fully saturated rings. The van der Waals surface area contributed by atoms with Crippen LogP contribution in [0.4, 0.5) is 11.5 Å². The fraction of sp³-hybridized carbons (Fsp3) is 0.481. The molecule has 0 radical (unpaired) electrons. The monoisotopic (exact) mass is 547 g/mol. The van der Waals surface area contributed by atoms with Gasteiger partial charge in [0.1, 0.15) is 5.82 Å². The molecule has 10 heteroatoms. The SMILES string of the molecule is C=CN.CC1CC(C)(C)c2c1cnc1cc(Cl)nn21.CCC.O=CNc1cnc(N2CCCC2)c(Cl)c1. The molecule has 1 aliphatic carbocycles. The molecule has 3 N–H and O–H groups in total. The van der Waals surface area contributed by atoms with Gasteiger partial charge in [0.15, 0.2) is 10.8 Å². The Bertz CT molecular complexity index is 1170. The first kappa shape index (κ1) is 30.4. The standard InChI is InChI=1S/C12H14ClN3.C10H12ClN3O.C3H8.C2H5N/c1-7-5-12(2,3)11-8(7)6-14-10-4-9(13)15-16(10)11;11-9-5-8(13-7-15)6-12-10(9)14-3-1-2-4-14;1-3-2;1-2-3/h4,6-7H,5H2,1-3H3;5-7H,1-4H2,(H,13,15);3H2,1-2H3;2H,1,3H2. The molecule has 8 nitrogen and oxygen atoms in total. The molecule has 5 rings (SSSR count). The first-order valence-electron chi connectivity index (χ1n) is 12.6. The van der Waals surface area contributed by atoms with E-state index < -0.39 is 0 Å². The number of hydrogen-bond donors (Lipinski definition) is 2. The molecule has 1 unspecified atom stereocenters. The second kappa shape index (κ2) is 14.2. The summed E-state index contributed by atoms with van der Waals surface area (Å²) in [6.07, 6.45) is 10.2. The number of amides is 1. The lowest BCUT2D eigenvalue weighted by Gasteiger charge is -2.19. The van der Waals surface area contributed by atoms with Crippen LogP contribution in [-0.4, -0.2) is 39.1 Å². The van der Waals surface area contributed by atoms with Crippen molar-refractivity contribution in [3.63, 3.8) is 0 Å². The van der Waals surface area contributed by atoms with E-state index in [1.165, 1.54) is 36.7 Å². The number of nitrogens with two attached hydrogens (primary N) is 1. The molecule has 0 spiro atoms. The van der Waals surface area contributed by atoms with Crippen molar-refractivity contribution in [3.05, 3.63) is 58.7 Å². The Labute approximate surface area is 230 Å². The van der Waals surface area contributed by atoms with E-state index in [1.807, 2.05) is 10.7 Å². The minimum Gasteiger partial charge on any atom is -0.405 e. The minimum atomic E-state index is 0.144. The van der Waals surface area contributed by atoms with Gasteiger partial charge in [0, 0.05) is 30.8 Å². The number of carbonyl (C=O) groups excluding carboxylic acids is 1. The summed E-state index contributed by atoms with van der Waals surface area (Å²) in [5, 5.41) is 7.95. The number of rotatable bonds is 3. The van der Waals surface area contributed by atoms with E-state index in [9.17, 15) is 4.79 Å². The average molecular weight is 549 g/mol. The molecule has 0 aromatic carbocycles. The molecule has 1 aliphatic heterocycles. The van der Waals surface area contributed by atoms with Gasteiger partial charge in [-0.05, 0) is 43.0 Å². The predicted octanol–water partition coefficient (Wildman–Crippen LogP) is 6.58. The third kappa shape index (κ3) is 7.82. The number of aromatic nitrogens is 4. The maximum Gasteiger partial charge on any atom is 0.211 e. The molecule has 37 heavy (non-hydrogen) atoms. The van der Waals surface area contributed by atoms with Crippen molar-refractivity contribution in [2.75, 3.05) is 23.3 Å². The van der Waals surface area contributed by atoms with Crippen LogP contribution in [0.2, 0.25) is 10.2 Å². The van der Waals surface area contributed by atoms with Gasteiger partial charge in [-0.15, -0.1) is 0 Å². The quantitative estimate of drug-likeness (QED) is 0.359. The normalized spacial score (nSPS) is 16.8. The minimum absolute atomic E-state index is 0.144. The molecule has 1 amide bonds. The van der Waals surface area contributed by atoms with Gasteiger partial charge in [-0.2, -0.15) is 5.10 Å². The summed E-state index contributed by atoms with van der Waals surface area (Å²) in [7, 11) is 0. The number of halogens is 2. The largest absolute Gasteiger partial charge is 0.405 e. The Morgan fingerprint density at radius 1 is 1.19 bits per heavy atom. The number of nitrogens with zero attached hydrogens (tertiary/aromatic N) is 5. The summed E-state index contributed by atoms with van der Waals surface area (Å²) in [6, 6.07) is 3.53. The van der Waals surface area contributed by atoms with Gasteiger partial charge in [0.2, 0.25) is 6.41 Å². The Kier molecular flexibility index (Phi) is 11.7. The third-order valence-corrected chi connectivity index (χ3v) is 6.39. The van der Waals surface area contributed by atoms with Gasteiger partial charge in [0.25, 0.3) is 0 Å². The van der Waals surface area contributed by atoms with Gasteiger partial charge in [-0.3, -0.25) is 4.79 Å². The van der Waals surface area contributed by atoms with E-state index in [2.05, 4.69) is 72.2 Å². The van der Waals surface area contributed by atoms with Crippen molar-refractivity contribution in [1.29, 1.82) is 0 Å². The molecule has 0 saturated carbocycles. The lowest BCUT2D eigenvalue weighted by atomic mass is 9.89. The lowest BCUT2D eigenvalue weighted by molar-refractivity contribution is -0.105. The van der Waals surface area contributed by atoms with Gasteiger partial charge in [0.05, 0.1) is 22.6 Å². The topological polar surface area (TPSA) is 101 Å². The highest BCUT2D eigenvalue weighted by Gasteiger charge is 2.37.